The van der Waals surface area contributed by atoms with Crippen molar-refractivity contribution in [2.75, 3.05) is 11.9 Å². The molecular weight excluding hydrogens is 472 g/mol. The van der Waals surface area contributed by atoms with Gasteiger partial charge in [-0.05, 0) is 57.5 Å². The summed E-state index contributed by atoms with van der Waals surface area (Å²) in [7, 11) is 0. The van der Waals surface area contributed by atoms with E-state index in [9.17, 15) is 9.59 Å². The van der Waals surface area contributed by atoms with Gasteiger partial charge in [0.15, 0.2) is 0 Å². The Kier molecular flexibility index (Phi) is 5.47. The Balaban J connectivity index is 1.50. The Morgan fingerprint density at radius 3 is 2.74 bits per heavy atom. The monoisotopic (exact) mass is 494 g/mol. The van der Waals surface area contributed by atoms with E-state index >= 15 is 0 Å². The average molecular weight is 495 g/mol. The van der Waals surface area contributed by atoms with E-state index in [4.69, 9.17) is 20.8 Å². The number of hydrogen-bond acceptors (Lipinski definition) is 8. The third kappa shape index (κ3) is 4.57. The molecule has 0 radical (unpaired) electrons. The van der Waals surface area contributed by atoms with E-state index in [1.165, 1.54) is 6.07 Å². The maximum absolute atomic E-state index is 12.5. The first-order valence-corrected chi connectivity index (χ1v) is 11.4. The summed E-state index contributed by atoms with van der Waals surface area (Å²) < 4.78 is 11.7. The molecule has 11 heteroatoms. The van der Waals surface area contributed by atoms with Crippen LogP contribution in [0.4, 0.5) is 5.69 Å². The maximum Gasteiger partial charge on any atom is 0.289 e. The molecule has 5 rings (SSSR count). The number of benzene rings is 1. The fraction of sp³-hybridized carbons (Fsp3) is 0.292. The van der Waals surface area contributed by atoms with Crippen molar-refractivity contribution >= 4 is 51.0 Å². The predicted octanol–water partition coefficient (Wildman–Crippen LogP) is 4.29. The molecule has 2 amide bonds. The summed E-state index contributed by atoms with van der Waals surface area (Å²) in [6.45, 7) is 8.07. The number of ether oxygens (including phenoxy) is 1. The fourth-order valence-electron chi connectivity index (χ4n) is 3.84. The zero-order valence-electron chi connectivity index (χ0n) is 19.5. The molecule has 3 N–H and O–H groups in total. The van der Waals surface area contributed by atoms with Crippen LogP contribution < -0.4 is 20.7 Å². The molecule has 180 valence electrons. The summed E-state index contributed by atoms with van der Waals surface area (Å²) in [6.07, 6.45) is 0. The Bertz CT molecular complexity index is 1490. The lowest BCUT2D eigenvalue weighted by atomic mass is 10.1. The van der Waals surface area contributed by atoms with Gasteiger partial charge in [-0.3, -0.25) is 9.59 Å². The van der Waals surface area contributed by atoms with E-state index in [0.29, 0.717) is 23.3 Å². The molecule has 0 saturated heterocycles. The Labute approximate surface area is 205 Å². The minimum absolute atomic E-state index is 0.0386. The minimum Gasteiger partial charge on any atom is -0.449 e. The summed E-state index contributed by atoms with van der Waals surface area (Å²) >= 11 is 6.03. The standard InChI is InChI=1S/C24H23ClN6O4/c1-11-10-26-19-18-12-5-8-16(28-13(12)6-7-15(18)34-20(19)22(33)27-11)35-17-9-14(29-23(25)30-17)21(32)31-24(2,3)4/h5-9,11,26H,10H2,1-4H3,(H,27,33)(H,31,32)/t11-/m1/s1. The molecule has 0 aliphatic carbocycles. The van der Waals surface area contributed by atoms with Crippen molar-refractivity contribution in [3.63, 3.8) is 0 Å². The second-order valence-electron chi connectivity index (χ2n) is 9.38. The second-order valence-corrected chi connectivity index (χ2v) is 9.72. The SMILES string of the molecule is C[C@@H]1CNc2c(oc3ccc4nc(Oc5cc(C(=O)NC(C)(C)C)nc(Cl)n5)ccc4c23)C(=O)N1. The summed E-state index contributed by atoms with van der Waals surface area (Å²) in [5.41, 5.74) is 1.48. The number of anilines is 1. The highest BCUT2D eigenvalue weighted by Crippen LogP contribution is 2.37. The van der Waals surface area contributed by atoms with Crippen molar-refractivity contribution in [2.24, 2.45) is 0 Å². The third-order valence-corrected chi connectivity index (χ3v) is 5.44. The molecule has 1 aromatic carbocycles. The van der Waals surface area contributed by atoms with Crippen LogP contribution in [0.1, 0.15) is 48.7 Å². The Hall–Kier alpha value is -3.92. The van der Waals surface area contributed by atoms with Gasteiger partial charge in [0.2, 0.25) is 22.8 Å². The zero-order chi connectivity index (χ0) is 24.9. The summed E-state index contributed by atoms with van der Waals surface area (Å²) in [4.78, 5) is 37.6. The van der Waals surface area contributed by atoms with Gasteiger partial charge in [-0.15, -0.1) is 0 Å². The fourth-order valence-corrected chi connectivity index (χ4v) is 4.02. The van der Waals surface area contributed by atoms with Crippen LogP contribution in [0, 0.1) is 0 Å². The molecule has 0 bridgehead atoms. The molecule has 1 atom stereocenters. The molecule has 10 nitrogen and oxygen atoms in total. The van der Waals surface area contributed by atoms with Gasteiger partial charge in [0.25, 0.3) is 11.8 Å². The first-order chi connectivity index (χ1) is 16.6. The van der Waals surface area contributed by atoms with Crippen molar-refractivity contribution in [1.82, 2.24) is 25.6 Å². The smallest absolute Gasteiger partial charge is 0.289 e. The van der Waals surface area contributed by atoms with Gasteiger partial charge in [-0.1, -0.05) is 0 Å². The molecule has 1 aliphatic rings. The lowest BCUT2D eigenvalue weighted by molar-refractivity contribution is 0.0908. The second kappa shape index (κ2) is 8.38. The molecule has 0 spiro atoms. The van der Waals surface area contributed by atoms with Gasteiger partial charge in [-0.25, -0.2) is 9.97 Å². The average Bonchev–Trinajstić information content (AvgIpc) is 3.08. The first-order valence-electron chi connectivity index (χ1n) is 11.0. The number of rotatable bonds is 3. The molecule has 4 aromatic rings. The lowest BCUT2D eigenvalue weighted by Gasteiger charge is -2.20. The highest BCUT2D eigenvalue weighted by atomic mass is 35.5. The summed E-state index contributed by atoms with van der Waals surface area (Å²) in [5, 5.41) is 10.5. The quantitative estimate of drug-likeness (QED) is 0.359. The summed E-state index contributed by atoms with van der Waals surface area (Å²) in [6, 6.07) is 8.41. The van der Waals surface area contributed by atoms with E-state index in [2.05, 4.69) is 30.9 Å². The number of aromatic nitrogens is 3. The van der Waals surface area contributed by atoms with Crippen LogP contribution in [0.5, 0.6) is 11.8 Å². The number of amides is 2. The molecular formula is C24H23ClN6O4. The van der Waals surface area contributed by atoms with Crippen molar-refractivity contribution in [2.45, 2.75) is 39.3 Å². The minimum atomic E-state index is -0.445. The highest BCUT2D eigenvalue weighted by molar-refractivity contribution is 6.28. The number of nitrogens with one attached hydrogen (secondary N) is 3. The molecule has 1 aliphatic heterocycles. The highest BCUT2D eigenvalue weighted by Gasteiger charge is 2.26. The van der Waals surface area contributed by atoms with E-state index in [1.54, 1.807) is 18.2 Å². The van der Waals surface area contributed by atoms with Crippen LogP contribution in [0.3, 0.4) is 0 Å². The van der Waals surface area contributed by atoms with Gasteiger partial charge in [0.05, 0.1) is 16.6 Å². The van der Waals surface area contributed by atoms with Crippen LogP contribution >= 0.6 is 11.6 Å². The van der Waals surface area contributed by atoms with Crippen LogP contribution in [0.15, 0.2) is 34.7 Å². The first kappa shape index (κ1) is 22.9. The molecule has 35 heavy (non-hydrogen) atoms. The number of carbonyl (C=O) groups excluding carboxylic acids is 2. The molecule has 3 aromatic heterocycles. The normalized spacial score (nSPS) is 15.8. The van der Waals surface area contributed by atoms with Crippen molar-refractivity contribution in [3.05, 3.63) is 47.1 Å². The van der Waals surface area contributed by atoms with Crippen molar-refractivity contribution in [1.29, 1.82) is 0 Å². The number of hydrogen-bond donors (Lipinski definition) is 3. The van der Waals surface area contributed by atoms with E-state index < -0.39 is 11.4 Å². The van der Waals surface area contributed by atoms with E-state index in [0.717, 1.165) is 10.8 Å². The van der Waals surface area contributed by atoms with Gasteiger partial charge in [0.1, 0.15) is 11.3 Å². The summed E-state index contributed by atoms with van der Waals surface area (Å²) in [5.74, 6) is -0.0771. The number of carbonyl (C=O) groups is 2. The molecule has 0 fully saturated rings. The van der Waals surface area contributed by atoms with Gasteiger partial charge in [0, 0.05) is 35.6 Å². The van der Waals surface area contributed by atoms with Crippen LogP contribution in [-0.4, -0.2) is 44.9 Å². The number of furan rings is 1. The van der Waals surface area contributed by atoms with Gasteiger partial charge < -0.3 is 25.1 Å². The number of pyridine rings is 1. The third-order valence-electron chi connectivity index (χ3n) is 5.27. The van der Waals surface area contributed by atoms with Crippen molar-refractivity contribution in [3.8, 4) is 11.8 Å². The number of halogens is 1. The lowest BCUT2D eigenvalue weighted by Crippen LogP contribution is -2.41. The van der Waals surface area contributed by atoms with Crippen LogP contribution in [0.2, 0.25) is 5.28 Å². The topological polar surface area (TPSA) is 131 Å². The van der Waals surface area contributed by atoms with E-state index in [1.807, 2.05) is 33.8 Å². The van der Waals surface area contributed by atoms with Crippen LogP contribution in [-0.2, 0) is 0 Å². The predicted molar refractivity (Wildman–Crippen MR) is 131 cm³/mol. The van der Waals surface area contributed by atoms with Crippen LogP contribution in [0.25, 0.3) is 21.9 Å². The Morgan fingerprint density at radius 1 is 1.17 bits per heavy atom. The maximum atomic E-state index is 12.5. The molecule has 4 heterocycles. The number of fused-ring (bicyclic) bond motifs is 5. The zero-order valence-corrected chi connectivity index (χ0v) is 20.3. The number of nitrogens with zero attached hydrogens (tertiary/aromatic N) is 3. The molecule has 0 saturated carbocycles. The Morgan fingerprint density at radius 2 is 1.97 bits per heavy atom. The van der Waals surface area contributed by atoms with Gasteiger partial charge in [-0.2, -0.15) is 4.98 Å². The van der Waals surface area contributed by atoms with Gasteiger partial charge >= 0.3 is 0 Å². The molecule has 0 unspecified atom stereocenters. The largest absolute Gasteiger partial charge is 0.449 e. The van der Waals surface area contributed by atoms with Crippen molar-refractivity contribution < 1.29 is 18.7 Å². The van der Waals surface area contributed by atoms with E-state index in [-0.39, 0.29) is 40.4 Å².